The first-order chi connectivity index (χ1) is 11.7. The van der Waals surface area contributed by atoms with E-state index in [1.165, 1.54) is 0 Å². The molecule has 0 aliphatic rings. The van der Waals surface area contributed by atoms with Gasteiger partial charge in [0.2, 0.25) is 0 Å². The first-order valence-electron chi connectivity index (χ1n) is 7.51. The number of hydrogen-bond acceptors (Lipinski definition) is 3. The molecule has 24 heavy (non-hydrogen) atoms. The molecular formula is C19H16BrN3O. The zero-order valence-corrected chi connectivity index (χ0v) is 14.5. The fourth-order valence-electron chi connectivity index (χ4n) is 2.32. The maximum atomic E-state index is 11.9. The Kier molecular flexibility index (Phi) is 5.23. The lowest BCUT2D eigenvalue weighted by Gasteiger charge is -2.08. The lowest BCUT2D eigenvalue weighted by Crippen LogP contribution is -2.25. The SMILES string of the molecule is O=C(CNc1cccc2ccccc12)NN=Cc1ccc(Br)cc1. The number of halogens is 1. The third-order valence-corrected chi connectivity index (χ3v) is 4.03. The van der Waals surface area contributed by atoms with E-state index in [4.69, 9.17) is 0 Å². The van der Waals surface area contributed by atoms with Crippen molar-refractivity contribution in [3.05, 3.63) is 76.8 Å². The van der Waals surface area contributed by atoms with Crippen LogP contribution < -0.4 is 10.7 Å². The predicted molar refractivity (Wildman–Crippen MR) is 102 cm³/mol. The van der Waals surface area contributed by atoms with Gasteiger partial charge < -0.3 is 5.32 Å². The van der Waals surface area contributed by atoms with Gasteiger partial charge in [-0.2, -0.15) is 5.10 Å². The molecule has 0 saturated carbocycles. The smallest absolute Gasteiger partial charge is 0.259 e. The molecule has 0 aromatic heterocycles. The number of hydrogen-bond donors (Lipinski definition) is 2. The first kappa shape index (κ1) is 16.2. The molecule has 1 amide bonds. The molecule has 0 bridgehead atoms. The number of carbonyl (C=O) groups excluding carboxylic acids is 1. The van der Waals surface area contributed by atoms with Crippen molar-refractivity contribution >= 4 is 44.5 Å². The predicted octanol–water partition coefficient (Wildman–Crippen LogP) is 4.16. The van der Waals surface area contributed by atoms with Gasteiger partial charge in [0.15, 0.2) is 0 Å². The number of benzene rings is 3. The van der Waals surface area contributed by atoms with Crippen LogP contribution in [0.5, 0.6) is 0 Å². The van der Waals surface area contributed by atoms with E-state index in [0.29, 0.717) is 0 Å². The van der Waals surface area contributed by atoms with Gasteiger partial charge in [-0.25, -0.2) is 5.43 Å². The van der Waals surface area contributed by atoms with Gasteiger partial charge in [-0.1, -0.05) is 64.5 Å². The number of hydrazone groups is 1. The number of fused-ring (bicyclic) bond motifs is 1. The molecule has 3 aromatic rings. The average Bonchev–Trinajstić information content (AvgIpc) is 2.61. The molecule has 0 unspecified atom stereocenters. The van der Waals surface area contributed by atoms with E-state index in [2.05, 4.69) is 31.8 Å². The number of nitrogens with one attached hydrogen (secondary N) is 2. The summed E-state index contributed by atoms with van der Waals surface area (Å²) < 4.78 is 1.00. The monoisotopic (exact) mass is 381 g/mol. The van der Waals surface area contributed by atoms with Crippen LogP contribution in [0, 0.1) is 0 Å². The van der Waals surface area contributed by atoms with Gasteiger partial charge in [-0.15, -0.1) is 0 Å². The van der Waals surface area contributed by atoms with E-state index in [0.717, 1.165) is 26.5 Å². The first-order valence-corrected chi connectivity index (χ1v) is 8.31. The van der Waals surface area contributed by atoms with Gasteiger partial charge in [-0.05, 0) is 29.1 Å². The number of nitrogens with zero attached hydrogens (tertiary/aromatic N) is 1. The number of amides is 1. The fraction of sp³-hybridized carbons (Fsp3) is 0.0526. The van der Waals surface area contributed by atoms with Crippen LogP contribution in [0.25, 0.3) is 10.8 Å². The molecule has 0 fully saturated rings. The topological polar surface area (TPSA) is 53.5 Å². The molecule has 0 saturated heterocycles. The van der Waals surface area contributed by atoms with Crippen molar-refractivity contribution in [3.8, 4) is 0 Å². The van der Waals surface area contributed by atoms with E-state index in [1.807, 2.05) is 66.7 Å². The Morgan fingerprint density at radius 2 is 1.75 bits per heavy atom. The highest BCUT2D eigenvalue weighted by molar-refractivity contribution is 9.10. The second-order valence-electron chi connectivity index (χ2n) is 5.22. The number of rotatable bonds is 5. The molecule has 3 rings (SSSR count). The van der Waals surface area contributed by atoms with Crippen LogP contribution in [-0.2, 0) is 4.79 Å². The van der Waals surface area contributed by atoms with Gasteiger partial charge in [0.25, 0.3) is 5.91 Å². The summed E-state index contributed by atoms with van der Waals surface area (Å²) in [6.45, 7) is 0.158. The minimum absolute atomic E-state index is 0.158. The molecular weight excluding hydrogens is 366 g/mol. The largest absolute Gasteiger partial charge is 0.376 e. The zero-order chi connectivity index (χ0) is 16.8. The molecule has 5 heteroatoms. The Balaban J connectivity index is 1.56. The Hall–Kier alpha value is -2.66. The van der Waals surface area contributed by atoms with Crippen molar-refractivity contribution in [2.75, 3.05) is 11.9 Å². The molecule has 0 heterocycles. The lowest BCUT2D eigenvalue weighted by atomic mass is 10.1. The summed E-state index contributed by atoms with van der Waals surface area (Å²) >= 11 is 3.37. The van der Waals surface area contributed by atoms with Crippen molar-refractivity contribution in [1.82, 2.24) is 5.43 Å². The van der Waals surface area contributed by atoms with E-state index in [9.17, 15) is 4.79 Å². The second-order valence-corrected chi connectivity index (χ2v) is 6.14. The summed E-state index contributed by atoms with van der Waals surface area (Å²) in [6, 6.07) is 21.7. The van der Waals surface area contributed by atoms with Crippen LogP contribution in [0.4, 0.5) is 5.69 Å². The highest BCUT2D eigenvalue weighted by atomic mass is 79.9. The second kappa shape index (κ2) is 7.75. The zero-order valence-electron chi connectivity index (χ0n) is 12.9. The van der Waals surface area contributed by atoms with Crippen molar-refractivity contribution < 1.29 is 4.79 Å². The minimum atomic E-state index is -0.198. The van der Waals surface area contributed by atoms with Gasteiger partial charge in [0.1, 0.15) is 0 Å². The summed E-state index contributed by atoms with van der Waals surface area (Å²) in [6.07, 6.45) is 1.61. The van der Waals surface area contributed by atoms with Gasteiger partial charge in [-0.3, -0.25) is 4.79 Å². The lowest BCUT2D eigenvalue weighted by molar-refractivity contribution is -0.119. The van der Waals surface area contributed by atoms with Crippen LogP contribution in [0.1, 0.15) is 5.56 Å². The number of anilines is 1. The quantitative estimate of drug-likeness (QED) is 0.514. The summed E-state index contributed by atoms with van der Waals surface area (Å²) in [7, 11) is 0. The van der Waals surface area contributed by atoms with Crippen LogP contribution in [0.15, 0.2) is 76.3 Å². The molecule has 0 spiro atoms. The summed E-state index contributed by atoms with van der Waals surface area (Å²) in [5, 5.41) is 9.34. The maximum Gasteiger partial charge on any atom is 0.259 e. The Morgan fingerprint density at radius 1 is 1.00 bits per heavy atom. The normalized spacial score (nSPS) is 10.9. The van der Waals surface area contributed by atoms with Crippen LogP contribution in [0.2, 0.25) is 0 Å². The third kappa shape index (κ3) is 4.20. The molecule has 0 radical (unpaired) electrons. The molecule has 0 aliphatic carbocycles. The van der Waals surface area contributed by atoms with Crippen molar-refractivity contribution in [2.45, 2.75) is 0 Å². The Morgan fingerprint density at radius 3 is 2.58 bits per heavy atom. The average molecular weight is 382 g/mol. The van der Waals surface area contributed by atoms with Crippen LogP contribution >= 0.6 is 15.9 Å². The van der Waals surface area contributed by atoms with Gasteiger partial charge in [0, 0.05) is 15.5 Å². The fourth-order valence-corrected chi connectivity index (χ4v) is 2.59. The van der Waals surface area contributed by atoms with E-state index >= 15 is 0 Å². The molecule has 4 nitrogen and oxygen atoms in total. The van der Waals surface area contributed by atoms with E-state index < -0.39 is 0 Å². The standard InChI is InChI=1S/C19H16BrN3O/c20-16-10-8-14(9-11-16)12-22-23-19(24)13-21-18-7-3-5-15-4-1-2-6-17(15)18/h1-12,21H,13H2,(H,23,24). The van der Waals surface area contributed by atoms with E-state index in [1.54, 1.807) is 6.21 Å². The van der Waals surface area contributed by atoms with E-state index in [-0.39, 0.29) is 12.5 Å². The van der Waals surface area contributed by atoms with Gasteiger partial charge in [0.05, 0.1) is 12.8 Å². The summed E-state index contributed by atoms with van der Waals surface area (Å²) in [5.74, 6) is -0.198. The molecule has 120 valence electrons. The van der Waals surface area contributed by atoms with Crippen LogP contribution in [-0.4, -0.2) is 18.7 Å². The Labute approximate surface area is 148 Å². The summed E-state index contributed by atoms with van der Waals surface area (Å²) in [4.78, 5) is 11.9. The highest BCUT2D eigenvalue weighted by Gasteiger charge is 2.02. The van der Waals surface area contributed by atoms with Crippen LogP contribution in [0.3, 0.4) is 0 Å². The number of carbonyl (C=O) groups is 1. The molecule has 2 N–H and O–H groups in total. The molecule has 0 atom stereocenters. The van der Waals surface area contributed by atoms with Crippen molar-refractivity contribution in [1.29, 1.82) is 0 Å². The molecule has 3 aromatic carbocycles. The van der Waals surface area contributed by atoms with Crippen molar-refractivity contribution in [2.24, 2.45) is 5.10 Å². The van der Waals surface area contributed by atoms with Crippen molar-refractivity contribution in [3.63, 3.8) is 0 Å². The van der Waals surface area contributed by atoms with Gasteiger partial charge >= 0.3 is 0 Å². The maximum absolute atomic E-state index is 11.9. The minimum Gasteiger partial charge on any atom is -0.376 e. The highest BCUT2D eigenvalue weighted by Crippen LogP contribution is 2.22. The molecule has 0 aliphatic heterocycles. The Bertz CT molecular complexity index is 870. The third-order valence-electron chi connectivity index (χ3n) is 3.50. The summed E-state index contributed by atoms with van der Waals surface area (Å²) in [5.41, 5.74) is 4.37.